The number of rotatable bonds is 8. The van der Waals surface area contributed by atoms with E-state index in [0.717, 1.165) is 17.5 Å². The molecule has 9 heteroatoms. The lowest BCUT2D eigenvalue weighted by atomic mass is 9.78. The van der Waals surface area contributed by atoms with Crippen molar-refractivity contribution in [1.29, 1.82) is 0 Å². The predicted octanol–water partition coefficient (Wildman–Crippen LogP) is 4.38. The maximum Gasteiger partial charge on any atom is 0.341 e. The molecule has 35 heavy (non-hydrogen) atoms. The number of fused-ring (bicyclic) bond motifs is 3. The van der Waals surface area contributed by atoms with Crippen molar-refractivity contribution in [3.8, 4) is 28.5 Å². The molecule has 0 fully saturated rings. The van der Waals surface area contributed by atoms with E-state index in [0.29, 0.717) is 54.8 Å². The fraction of sp³-hybridized carbons (Fsp3) is 0.462. The number of hydrogen-bond donors (Lipinski definition) is 1. The third-order valence-electron chi connectivity index (χ3n) is 6.29. The van der Waals surface area contributed by atoms with Gasteiger partial charge in [0, 0.05) is 50.4 Å². The Labute approximate surface area is 203 Å². The minimum absolute atomic E-state index is 0.0639. The number of nitrogens with zero attached hydrogens (tertiary/aromatic N) is 3. The van der Waals surface area contributed by atoms with Crippen LogP contribution in [0.2, 0.25) is 0 Å². The van der Waals surface area contributed by atoms with Crippen molar-refractivity contribution >= 4 is 5.97 Å². The lowest BCUT2D eigenvalue weighted by Gasteiger charge is -2.39. The largest absolute Gasteiger partial charge is 0.493 e. The van der Waals surface area contributed by atoms with Crippen molar-refractivity contribution in [3.05, 3.63) is 51.6 Å². The van der Waals surface area contributed by atoms with Gasteiger partial charge in [0.2, 0.25) is 5.89 Å². The molecule has 0 radical (unpaired) electrons. The predicted molar refractivity (Wildman–Crippen MR) is 130 cm³/mol. The average molecular weight is 482 g/mol. The van der Waals surface area contributed by atoms with Crippen LogP contribution in [0, 0.1) is 5.41 Å². The first-order valence-electron chi connectivity index (χ1n) is 11.7. The highest BCUT2D eigenvalue weighted by atomic mass is 16.5. The molecule has 2 aromatic heterocycles. The van der Waals surface area contributed by atoms with Crippen molar-refractivity contribution in [3.63, 3.8) is 0 Å². The van der Waals surface area contributed by atoms with E-state index in [-0.39, 0.29) is 17.0 Å². The summed E-state index contributed by atoms with van der Waals surface area (Å²) >= 11 is 0. The topological polar surface area (TPSA) is 117 Å². The zero-order valence-corrected chi connectivity index (χ0v) is 20.8. The number of aryl methyl sites for hydroxylation is 1. The number of hydrogen-bond acceptors (Lipinski definition) is 7. The van der Waals surface area contributed by atoms with E-state index in [1.165, 1.54) is 12.3 Å². The quantitative estimate of drug-likeness (QED) is 0.471. The Morgan fingerprint density at radius 2 is 1.97 bits per heavy atom. The molecule has 0 saturated carbocycles. The average Bonchev–Trinajstić information content (AvgIpc) is 3.29. The van der Waals surface area contributed by atoms with E-state index in [2.05, 4.69) is 31.0 Å². The SMILES string of the molecule is CCc1nnc(-c2cc3c(cc2OCCCOC)CC(C(C)(C)C)n2cc(C(=O)O)c(=O)cc2-3)o1. The number of benzene rings is 1. The molecule has 0 aliphatic carbocycles. The van der Waals surface area contributed by atoms with Crippen molar-refractivity contribution in [2.75, 3.05) is 20.3 Å². The van der Waals surface area contributed by atoms with Crippen molar-refractivity contribution < 1.29 is 23.8 Å². The maximum atomic E-state index is 12.7. The molecule has 1 N–H and O–H groups in total. The molecule has 186 valence electrons. The standard InChI is InChI=1S/C26H31N3O6/c1-6-23-27-28-24(35-23)17-12-16-15(10-21(17)34-9-7-8-33-5)11-22(26(2,3)4)29-14-18(25(31)32)20(30)13-19(16)29/h10,12-14,22H,6-9,11H2,1-5H3,(H,31,32). The van der Waals surface area contributed by atoms with Gasteiger partial charge in [-0.1, -0.05) is 27.7 Å². The molecule has 9 nitrogen and oxygen atoms in total. The molecular formula is C26H31N3O6. The van der Waals surface area contributed by atoms with Crippen LogP contribution in [-0.2, 0) is 17.6 Å². The Bertz CT molecular complexity index is 1300. The van der Waals surface area contributed by atoms with Gasteiger partial charge >= 0.3 is 5.97 Å². The molecule has 1 aliphatic heterocycles. The smallest absolute Gasteiger partial charge is 0.341 e. The Morgan fingerprint density at radius 3 is 2.60 bits per heavy atom. The molecule has 0 saturated heterocycles. The highest BCUT2D eigenvalue weighted by Crippen LogP contribution is 2.45. The second-order valence-corrected chi connectivity index (χ2v) is 9.79. The third kappa shape index (κ3) is 4.86. The molecule has 0 amide bonds. The summed E-state index contributed by atoms with van der Waals surface area (Å²) in [6, 6.07) is 5.23. The van der Waals surface area contributed by atoms with Crippen LogP contribution >= 0.6 is 0 Å². The van der Waals surface area contributed by atoms with Crippen LogP contribution < -0.4 is 10.2 Å². The highest BCUT2D eigenvalue weighted by molar-refractivity contribution is 5.88. The number of carboxylic acids is 1. The summed E-state index contributed by atoms with van der Waals surface area (Å²) in [6.07, 6.45) is 3.44. The van der Waals surface area contributed by atoms with Crippen LogP contribution in [0.25, 0.3) is 22.7 Å². The summed E-state index contributed by atoms with van der Waals surface area (Å²) in [5.41, 5.74) is 2.14. The first-order valence-corrected chi connectivity index (χ1v) is 11.7. The zero-order valence-electron chi connectivity index (χ0n) is 20.8. The van der Waals surface area contributed by atoms with Gasteiger partial charge in [-0.05, 0) is 29.5 Å². The fourth-order valence-corrected chi connectivity index (χ4v) is 4.42. The Morgan fingerprint density at radius 1 is 1.20 bits per heavy atom. The molecule has 1 atom stereocenters. The van der Waals surface area contributed by atoms with Crippen LogP contribution in [0.3, 0.4) is 0 Å². The molecule has 1 unspecified atom stereocenters. The second kappa shape index (κ2) is 9.65. The first-order chi connectivity index (χ1) is 16.6. The van der Waals surface area contributed by atoms with Crippen LogP contribution in [0.15, 0.2) is 33.6 Å². The molecule has 0 bridgehead atoms. The van der Waals surface area contributed by atoms with Crippen molar-refractivity contribution in [2.24, 2.45) is 5.41 Å². The first kappa shape index (κ1) is 24.7. The van der Waals surface area contributed by atoms with Crippen molar-refractivity contribution in [1.82, 2.24) is 14.8 Å². The van der Waals surface area contributed by atoms with Crippen LogP contribution in [0.1, 0.15) is 62.0 Å². The molecule has 3 aromatic rings. The number of aromatic carboxylic acids is 1. The van der Waals surface area contributed by atoms with Crippen LogP contribution in [0.4, 0.5) is 0 Å². The summed E-state index contributed by atoms with van der Waals surface area (Å²) in [5.74, 6) is 0.234. The molecule has 0 spiro atoms. The molecule has 1 aromatic carbocycles. The minimum Gasteiger partial charge on any atom is -0.493 e. The third-order valence-corrected chi connectivity index (χ3v) is 6.29. The number of carbonyl (C=O) groups is 1. The van der Waals surface area contributed by atoms with E-state index < -0.39 is 11.4 Å². The van der Waals surface area contributed by atoms with Gasteiger partial charge in [0.25, 0.3) is 5.89 Å². The van der Waals surface area contributed by atoms with Gasteiger partial charge in [-0.25, -0.2) is 4.79 Å². The van der Waals surface area contributed by atoms with E-state index in [9.17, 15) is 14.7 Å². The number of ether oxygens (including phenoxy) is 2. The summed E-state index contributed by atoms with van der Waals surface area (Å²) < 4.78 is 19.0. The van der Waals surface area contributed by atoms with Gasteiger partial charge in [-0.3, -0.25) is 4.79 Å². The van der Waals surface area contributed by atoms with Crippen LogP contribution in [-0.4, -0.2) is 46.2 Å². The summed E-state index contributed by atoms with van der Waals surface area (Å²) in [5, 5.41) is 17.9. The molecule has 4 rings (SSSR count). The van der Waals surface area contributed by atoms with Gasteiger partial charge < -0.3 is 23.6 Å². The monoisotopic (exact) mass is 481 g/mol. The fourth-order valence-electron chi connectivity index (χ4n) is 4.42. The maximum absolute atomic E-state index is 12.7. The highest BCUT2D eigenvalue weighted by Gasteiger charge is 2.34. The second-order valence-electron chi connectivity index (χ2n) is 9.79. The Balaban J connectivity index is 1.91. The number of carboxylic acid groups (broad SMARTS) is 1. The zero-order chi connectivity index (χ0) is 25.3. The lowest BCUT2D eigenvalue weighted by Crippen LogP contribution is -2.32. The number of methoxy groups -OCH3 is 1. The van der Waals surface area contributed by atoms with Gasteiger partial charge in [0.1, 0.15) is 11.3 Å². The van der Waals surface area contributed by atoms with Gasteiger partial charge in [-0.2, -0.15) is 0 Å². The van der Waals surface area contributed by atoms with E-state index in [1.54, 1.807) is 7.11 Å². The van der Waals surface area contributed by atoms with E-state index in [4.69, 9.17) is 13.9 Å². The van der Waals surface area contributed by atoms with E-state index in [1.807, 2.05) is 23.6 Å². The summed E-state index contributed by atoms with van der Waals surface area (Å²) in [4.78, 5) is 24.4. The number of pyridine rings is 1. The van der Waals surface area contributed by atoms with Gasteiger partial charge in [0.05, 0.1) is 17.9 Å². The van der Waals surface area contributed by atoms with Crippen LogP contribution in [0.5, 0.6) is 5.75 Å². The molecule has 3 heterocycles. The Kier molecular flexibility index (Phi) is 6.80. The van der Waals surface area contributed by atoms with Gasteiger partial charge in [0.15, 0.2) is 5.43 Å². The summed E-state index contributed by atoms with van der Waals surface area (Å²) in [6.45, 7) is 9.27. The molecular weight excluding hydrogens is 450 g/mol. The van der Waals surface area contributed by atoms with Gasteiger partial charge in [-0.15, -0.1) is 10.2 Å². The summed E-state index contributed by atoms with van der Waals surface area (Å²) in [7, 11) is 1.65. The lowest BCUT2D eigenvalue weighted by molar-refractivity contribution is 0.0693. The van der Waals surface area contributed by atoms with E-state index >= 15 is 0 Å². The number of aromatic nitrogens is 3. The minimum atomic E-state index is -1.23. The van der Waals surface area contributed by atoms with Crippen molar-refractivity contribution in [2.45, 2.75) is 53.0 Å². The molecule has 1 aliphatic rings. The Hall–Kier alpha value is -3.46. The normalized spacial score (nSPS) is 14.9.